The number of hydrogen-bond acceptors (Lipinski definition) is 3. The second kappa shape index (κ2) is 4.28. The fourth-order valence-corrected chi connectivity index (χ4v) is 1.51. The van der Waals surface area contributed by atoms with Crippen molar-refractivity contribution in [2.75, 3.05) is 26.7 Å². The van der Waals surface area contributed by atoms with Crippen molar-refractivity contribution < 1.29 is 9.90 Å². The molecule has 82 valence electrons. The minimum atomic E-state index is -0.666. The number of rotatable bonds is 3. The van der Waals surface area contributed by atoms with Crippen molar-refractivity contribution in [3.63, 3.8) is 0 Å². The van der Waals surface area contributed by atoms with E-state index in [1.807, 2.05) is 7.05 Å². The number of carbonyl (C=O) groups is 1. The van der Waals surface area contributed by atoms with Gasteiger partial charge in [-0.15, -0.1) is 0 Å². The van der Waals surface area contributed by atoms with Crippen molar-refractivity contribution in [3.8, 4) is 0 Å². The topological polar surface area (TPSA) is 52.6 Å². The van der Waals surface area contributed by atoms with E-state index < -0.39 is 5.41 Å². The number of likely N-dealkylation sites (N-methyl/N-ethyl adjacent to an activating group) is 1. The Kier molecular flexibility index (Phi) is 3.50. The summed E-state index contributed by atoms with van der Waals surface area (Å²) < 4.78 is 0. The van der Waals surface area contributed by atoms with Crippen molar-refractivity contribution in [2.24, 2.45) is 5.41 Å². The monoisotopic (exact) mass is 200 g/mol. The predicted octanol–water partition coefficient (Wildman–Crippen LogP) is -0.175. The van der Waals surface area contributed by atoms with Gasteiger partial charge in [-0.3, -0.25) is 4.79 Å². The summed E-state index contributed by atoms with van der Waals surface area (Å²) in [6.07, 6.45) is 1.00. The van der Waals surface area contributed by atoms with Crippen LogP contribution < -0.4 is 5.32 Å². The van der Waals surface area contributed by atoms with Crippen LogP contribution in [0.25, 0.3) is 0 Å². The zero-order valence-electron chi connectivity index (χ0n) is 9.21. The molecular formula is C10H20N2O2. The minimum Gasteiger partial charge on any atom is -0.395 e. The van der Waals surface area contributed by atoms with Crippen molar-refractivity contribution in [3.05, 3.63) is 0 Å². The van der Waals surface area contributed by atoms with Gasteiger partial charge >= 0.3 is 0 Å². The molecule has 0 bridgehead atoms. The average molecular weight is 200 g/mol. The Hall–Kier alpha value is -0.610. The molecule has 0 aliphatic carbocycles. The Balaban J connectivity index is 2.41. The summed E-state index contributed by atoms with van der Waals surface area (Å²) in [7, 11) is 2.04. The second-order valence-corrected chi connectivity index (χ2v) is 4.76. The number of aliphatic hydroxyl groups is 1. The highest BCUT2D eigenvalue weighted by atomic mass is 16.3. The summed E-state index contributed by atoms with van der Waals surface area (Å²) >= 11 is 0. The number of aliphatic hydroxyl groups excluding tert-OH is 1. The molecule has 1 aliphatic heterocycles. The van der Waals surface area contributed by atoms with Gasteiger partial charge in [-0.05, 0) is 33.9 Å². The standard InChI is InChI=1S/C10H20N2O2/c1-10(2,7-13)9(14)11-8-4-5-12(3)6-8/h8,13H,4-7H2,1-3H3,(H,11,14)/t8-/m1/s1. The van der Waals surface area contributed by atoms with Gasteiger partial charge in [0.1, 0.15) is 0 Å². The van der Waals surface area contributed by atoms with Crippen LogP contribution in [0, 0.1) is 5.41 Å². The summed E-state index contributed by atoms with van der Waals surface area (Å²) in [5.41, 5.74) is -0.666. The van der Waals surface area contributed by atoms with E-state index in [-0.39, 0.29) is 18.6 Å². The molecule has 1 saturated heterocycles. The lowest BCUT2D eigenvalue weighted by Gasteiger charge is -2.23. The Morgan fingerprint density at radius 3 is 2.71 bits per heavy atom. The van der Waals surface area contributed by atoms with Gasteiger partial charge in [-0.2, -0.15) is 0 Å². The van der Waals surface area contributed by atoms with Gasteiger partial charge in [-0.1, -0.05) is 0 Å². The van der Waals surface area contributed by atoms with Crippen molar-refractivity contribution in [2.45, 2.75) is 26.3 Å². The van der Waals surface area contributed by atoms with Crippen LogP contribution in [-0.4, -0.2) is 48.7 Å². The Bertz CT molecular complexity index is 216. The molecule has 0 aromatic carbocycles. The maximum Gasteiger partial charge on any atom is 0.228 e. The number of hydrogen-bond donors (Lipinski definition) is 2. The average Bonchev–Trinajstić information content (AvgIpc) is 2.51. The van der Waals surface area contributed by atoms with Gasteiger partial charge in [0.25, 0.3) is 0 Å². The van der Waals surface area contributed by atoms with E-state index in [2.05, 4.69) is 10.2 Å². The van der Waals surface area contributed by atoms with Crippen LogP contribution in [-0.2, 0) is 4.79 Å². The molecule has 1 amide bonds. The van der Waals surface area contributed by atoms with Crippen LogP contribution in [0.4, 0.5) is 0 Å². The first kappa shape index (κ1) is 11.5. The minimum absolute atomic E-state index is 0.0553. The third-order valence-electron chi connectivity index (χ3n) is 2.74. The van der Waals surface area contributed by atoms with E-state index >= 15 is 0 Å². The molecular weight excluding hydrogens is 180 g/mol. The van der Waals surface area contributed by atoms with E-state index in [1.165, 1.54) is 0 Å². The van der Waals surface area contributed by atoms with Gasteiger partial charge in [0, 0.05) is 12.6 Å². The molecule has 0 radical (unpaired) electrons. The first-order chi connectivity index (χ1) is 6.45. The lowest BCUT2D eigenvalue weighted by atomic mass is 9.93. The van der Waals surface area contributed by atoms with E-state index in [4.69, 9.17) is 5.11 Å². The van der Waals surface area contributed by atoms with Gasteiger partial charge in [-0.25, -0.2) is 0 Å². The molecule has 14 heavy (non-hydrogen) atoms. The summed E-state index contributed by atoms with van der Waals surface area (Å²) in [4.78, 5) is 13.9. The molecule has 0 aromatic rings. The number of carbonyl (C=O) groups excluding carboxylic acids is 1. The largest absolute Gasteiger partial charge is 0.395 e. The smallest absolute Gasteiger partial charge is 0.228 e. The summed E-state index contributed by atoms with van der Waals surface area (Å²) in [5.74, 6) is -0.0553. The lowest BCUT2D eigenvalue weighted by Crippen LogP contribution is -2.45. The first-order valence-electron chi connectivity index (χ1n) is 5.06. The van der Waals surface area contributed by atoms with Crippen molar-refractivity contribution in [1.82, 2.24) is 10.2 Å². The Morgan fingerprint density at radius 1 is 1.64 bits per heavy atom. The first-order valence-corrected chi connectivity index (χ1v) is 5.06. The summed E-state index contributed by atoms with van der Waals surface area (Å²) in [5, 5.41) is 12.0. The van der Waals surface area contributed by atoms with Crippen LogP contribution in [0.15, 0.2) is 0 Å². The van der Waals surface area contributed by atoms with E-state index in [0.29, 0.717) is 0 Å². The zero-order valence-corrected chi connectivity index (χ0v) is 9.21. The maximum atomic E-state index is 11.7. The molecule has 1 heterocycles. The molecule has 0 spiro atoms. The quantitative estimate of drug-likeness (QED) is 0.665. The van der Waals surface area contributed by atoms with Crippen LogP contribution in [0.3, 0.4) is 0 Å². The number of amides is 1. The molecule has 1 aliphatic rings. The van der Waals surface area contributed by atoms with Gasteiger partial charge < -0.3 is 15.3 Å². The molecule has 0 unspecified atom stereocenters. The summed E-state index contributed by atoms with van der Waals surface area (Å²) in [6, 6.07) is 0.248. The highest BCUT2D eigenvalue weighted by Crippen LogP contribution is 2.15. The Labute approximate surface area is 85.3 Å². The number of nitrogens with one attached hydrogen (secondary N) is 1. The third-order valence-corrected chi connectivity index (χ3v) is 2.74. The molecule has 1 atom stereocenters. The molecule has 1 fully saturated rings. The van der Waals surface area contributed by atoms with E-state index in [9.17, 15) is 4.79 Å². The Morgan fingerprint density at radius 2 is 2.29 bits per heavy atom. The lowest BCUT2D eigenvalue weighted by molar-refractivity contribution is -0.131. The molecule has 2 N–H and O–H groups in total. The zero-order chi connectivity index (χ0) is 10.8. The molecule has 4 heteroatoms. The van der Waals surface area contributed by atoms with Crippen molar-refractivity contribution >= 4 is 5.91 Å². The molecule has 0 aromatic heterocycles. The van der Waals surface area contributed by atoms with Crippen LogP contribution in [0.5, 0.6) is 0 Å². The van der Waals surface area contributed by atoms with Crippen LogP contribution >= 0.6 is 0 Å². The number of likely N-dealkylation sites (tertiary alicyclic amines) is 1. The predicted molar refractivity (Wildman–Crippen MR) is 54.9 cm³/mol. The highest BCUT2D eigenvalue weighted by Gasteiger charge is 2.30. The van der Waals surface area contributed by atoms with Gasteiger partial charge in [0.2, 0.25) is 5.91 Å². The normalized spacial score (nSPS) is 23.9. The van der Waals surface area contributed by atoms with Crippen LogP contribution in [0.2, 0.25) is 0 Å². The number of nitrogens with zero attached hydrogens (tertiary/aromatic N) is 1. The van der Waals surface area contributed by atoms with Crippen molar-refractivity contribution in [1.29, 1.82) is 0 Å². The van der Waals surface area contributed by atoms with E-state index in [0.717, 1.165) is 19.5 Å². The molecule has 0 saturated carbocycles. The molecule has 1 rings (SSSR count). The van der Waals surface area contributed by atoms with Gasteiger partial charge in [0.05, 0.1) is 12.0 Å². The third kappa shape index (κ3) is 2.69. The summed E-state index contributed by atoms with van der Waals surface area (Å²) in [6.45, 7) is 5.33. The SMILES string of the molecule is CN1CC[C@@H](NC(=O)C(C)(C)CO)C1. The van der Waals surface area contributed by atoms with E-state index in [1.54, 1.807) is 13.8 Å². The highest BCUT2D eigenvalue weighted by molar-refractivity contribution is 5.82. The fourth-order valence-electron chi connectivity index (χ4n) is 1.51. The van der Waals surface area contributed by atoms with Gasteiger partial charge in [0.15, 0.2) is 0 Å². The molecule has 4 nitrogen and oxygen atoms in total. The fraction of sp³-hybridized carbons (Fsp3) is 0.900. The maximum absolute atomic E-state index is 11.7. The second-order valence-electron chi connectivity index (χ2n) is 4.76. The van der Waals surface area contributed by atoms with Crippen LogP contribution in [0.1, 0.15) is 20.3 Å².